The summed E-state index contributed by atoms with van der Waals surface area (Å²) in [5, 5.41) is 31.3. The average Bonchev–Trinajstić information content (AvgIpc) is 2.30. The molecule has 6 N–H and O–H groups in total. The average molecular weight is 232 g/mol. The summed E-state index contributed by atoms with van der Waals surface area (Å²) in [7, 11) is 0. The Morgan fingerprint density at radius 3 is 1.56 bits per heavy atom. The zero-order valence-electron chi connectivity index (χ0n) is 9.71. The summed E-state index contributed by atoms with van der Waals surface area (Å²) in [6.45, 7) is 5.18. The molecule has 0 saturated carbocycles. The summed E-state index contributed by atoms with van der Waals surface area (Å²) in [6.07, 6.45) is 0. The van der Waals surface area contributed by atoms with Crippen LogP contribution in [0.5, 0.6) is 0 Å². The maximum atomic E-state index is 9.12. The Morgan fingerprint density at radius 2 is 1.19 bits per heavy atom. The largest absolute Gasteiger partial charge is 0.395 e. The minimum absolute atomic E-state index is 0.105. The van der Waals surface area contributed by atoms with Crippen LogP contribution in [0.1, 0.15) is 0 Å². The molecule has 0 aliphatic carbocycles. The van der Waals surface area contributed by atoms with Crippen LogP contribution in [0.2, 0.25) is 0 Å². The molecule has 0 aromatic rings. The van der Waals surface area contributed by atoms with Crippen molar-refractivity contribution in [3.8, 4) is 0 Å². The van der Waals surface area contributed by atoms with Crippen LogP contribution in [0.4, 0.5) is 0 Å². The minimum atomic E-state index is 0.105. The van der Waals surface area contributed by atoms with Crippen LogP contribution >= 0.6 is 0 Å². The summed E-state index contributed by atoms with van der Waals surface area (Å²) < 4.78 is 0. The monoisotopic (exact) mass is 232 g/mol. The molecule has 6 nitrogen and oxygen atoms in total. The van der Waals surface area contributed by atoms with Crippen LogP contribution in [0.25, 0.3) is 0 Å². The van der Waals surface area contributed by atoms with Gasteiger partial charge in [0.2, 0.25) is 0 Å². The highest BCUT2D eigenvalue weighted by atomic mass is 16.3. The van der Waals surface area contributed by atoms with Gasteiger partial charge in [-0.2, -0.15) is 0 Å². The molecule has 1 saturated heterocycles. The molecule has 1 heterocycles. The Balaban J connectivity index is 2.28. The molecule has 0 radical (unpaired) electrons. The predicted octanol–water partition coefficient (Wildman–Crippen LogP) is -2.92. The van der Waals surface area contributed by atoms with Gasteiger partial charge in [-0.05, 0) is 0 Å². The Kier molecular flexibility index (Phi) is 7.65. The van der Waals surface area contributed by atoms with Crippen LogP contribution in [0.3, 0.4) is 0 Å². The molecule has 96 valence electrons. The first-order chi connectivity index (χ1) is 7.86. The minimum Gasteiger partial charge on any atom is -0.395 e. The van der Waals surface area contributed by atoms with E-state index < -0.39 is 0 Å². The van der Waals surface area contributed by atoms with E-state index in [1.165, 1.54) is 0 Å². The smallest absolute Gasteiger partial charge is 0.0597 e. The second-order valence-corrected chi connectivity index (χ2v) is 4.08. The molecule has 1 rings (SSSR count). The van der Waals surface area contributed by atoms with Crippen molar-refractivity contribution in [3.05, 3.63) is 0 Å². The SMILES string of the molecule is OCC1CNCCNCC(CO)NCCN1. The quantitative estimate of drug-likeness (QED) is 0.306. The van der Waals surface area contributed by atoms with E-state index in [0.29, 0.717) is 0 Å². The number of hydrogen-bond acceptors (Lipinski definition) is 6. The van der Waals surface area contributed by atoms with Crippen LogP contribution < -0.4 is 21.3 Å². The molecule has 1 aliphatic heterocycles. The van der Waals surface area contributed by atoms with E-state index in [2.05, 4.69) is 21.3 Å². The molecular weight excluding hydrogens is 208 g/mol. The zero-order chi connectivity index (χ0) is 11.6. The highest BCUT2D eigenvalue weighted by Gasteiger charge is 2.09. The van der Waals surface area contributed by atoms with Crippen molar-refractivity contribution in [2.24, 2.45) is 0 Å². The van der Waals surface area contributed by atoms with E-state index in [1.54, 1.807) is 0 Å². The molecule has 2 unspecified atom stereocenters. The molecular formula is C10H24N4O2. The van der Waals surface area contributed by atoms with Crippen LogP contribution in [-0.4, -0.2) is 74.8 Å². The van der Waals surface area contributed by atoms with Gasteiger partial charge in [0.25, 0.3) is 0 Å². The predicted molar refractivity (Wildman–Crippen MR) is 63.5 cm³/mol. The topological polar surface area (TPSA) is 88.6 Å². The fourth-order valence-corrected chi connectivity index (χ4v) is 1.68. The lowest BCUT2D eigenvalue weighted by atomic mass is 10.2. The second kappa shape index (κ2) is 8.86. The van der Waals surface area contributed by atoms with Gasteiger partial charge in [0.1, 0.15) is 0 Å². The van der Waals surface area contributed by atoms with Crippen LogP contribution in [0.15, 0.2) is 0 Å². The highest BCUT2D eigenvalue weighted by Crippen LogP contribution is 1.83. The van der Waals surface area contributed by atoms with E-state index in [-0.39, 0.29) is 25.3 Å². The standard InChI is InChI=1S/C10H24N4O2/c15-7-9-5-11-1-2-12-6-10(8-16)14-4-3-13-9/h9-16H,1-8H2. The first kappa shape index (κ1) is 13.8. The first-order valence-corrected chi connectivity index (χ1v) is 5.96. The molecule has 0 bridgehead atoms. The van der Waals surface area contributed by atoms with Crippen LogP contribution in [-0.2, 0) is 0 Å². The van der Waals surface area contributed by atoms with E-state index in [4.69, 9.17) is 10.2 Å². The molecule has 1 aliphatic rings. The molecule has 16 heavy (non-hydrogen) atoms. The number of rotatable bonds is 2. The molecule has 0 amide bonds. The third kappa shape index (κ3) is 5.74. The lowest BCUT2D eigenvalue weighted by molar-refractivity contribution is 0.225. The van der Waals surface area contributed by atoms with E-state index in [0.717, 1.165) is 39.3 Å². The maximum Gasteiger partial charge on any atom is 0.0597 e. The summed E-state index contributed by atoms with van der Waals surface area (Å²) in [5.41, 5.74) is 0. The van der Waals surface area contributed by atoms with Crippen molar-refractivity contribution in [1.82, 2.24) is 21.3 Å². The molecule has 0 spiro atoms. The third-order valence-electron chi connectivity index (χ3n) is 2.69. The summed E-state index contributed by atoms with van der Waals surface area (Å²) in [5.74, 6) is 0. The number of aliphatic hydroxyl groups excluding tert-OH is 2. The van der Waals surface area contributed by atoms with Gasteiger partial charge in [-0.15, -0.1) is 0 Å². The van der Waals surface area contributed by atoms with Gasteiger partial charge in [-0.3, -0.25) is 0 Å². The Labute approximate surface area is 96.8 Å². The molecule has 1 fully saturated rings. The molecule has 0 aromatic carbocycles. The van der Waals surface area contributed by atoms with Crippen molar-refractivity contribution in [3.63, 3.8) is 0 Å². The van der Waals surface area contributed by atoms with Gasteiger partial charge in [0.05, 0.1) is 13.2 Å². The zero-order valence-corrected chi connectivity index (χ0v) is 9.71. The summed E-state index contributed by atoms with van der Waals surface area (Å²) in [4.78, 5) is 0. The van der Waals surface area contributed by atoms with Crippen molar-refractivity contribution < 1.29 is 10.2 Å². The van der Waals surface area contributed by atoms with Gasteiger partial charge in [-0.1, -0.05) is 0 Å². The Hall–Kier alpha value is -0.240. The lowest BCUT2D eigenvalue weighted by Crippen LogP contribution is -2.50. The third-order valence-corrected chi connectivity index (χ3v) is 2.69. The van der Waals surface area contributed by atoms with Gasteiger partial charge < -0.3 is 31.5 Å². The van der Waals surface area contributed by atoms with Crippen molar-refractivity contribution in [2.45, 2.75) is 12.1 Å². The van der Waals surface area contributed by atoms with Gasteiger partial charge in [0, 0.05) is 51.4 Å². The molecule has 2 atom stereocenters. The Bertz CT molecular complexity index is 153. The van der Waals surface area contributed by atoms with Gasteiger partial charge in [0.15, 0.2) is 0 Å². The van der Waals surface area contributed by atoms with E-state index in [9.17, 15) is 0 Å². The second-order valence-electron chi connectivity index (χ2n) is 4.08. The summed E-state index contributed by atoms with van der Waals surface area (Å²) in [6, 6.07) is 0.211. The van der Waals surface area contributed by atoms with Crippen LogP contribution in [0, 0.1) is 0 Å². The van der Waals surface area contributed by atoms with Crippen molar-refractivity contribution >= 4 is 0 Å². The first-order valence-electron chi connectivity index (χ1n) is 5.96. The van der Waals surface area contributed by atoms with Crippen molar-refractivity contribution in [2.75, 3.05) is 52.5 Å². The van der Waals surface area contributed by atoms with Gasteiger partial charge in [-0.25, -0.2) is 0 Å². The molecule has 6 heteroatoms. The van der Waals surface area contributed by atoms with E-state index >= 15 is 0 Å². The van der Waals surface area contributed by atoms with E-state index in [1.807, 2.05) is 0 Å². The number of aliphatic hydroxyl groups is 2. The normalized spacial score (nSPS) is 30.4. The summed E-state index contributed by atoms with van der Waals surface area (Å²) >= 11 is 0. The highest BCUT2D eigenvalue weighted by molar-refractivity contribution is 4.74. The van der Waals surface area contributed by atoms with Gasteiger partial charge >= 0.3 is 0 Å². The fraction of sp³-hybridized carbons (Fsp3) is 1.00. The number of nitrogens with one attached hydrogen (secondary N) is 4. The number of hydrogen-bond donors (Lipinski definition) is 6. The maximum absolute atomic E-state index is 9.12. The van der Waals surface area contributed by atoms with Crippen molar-refractivity contribution in [1.29, 1.82) is 0 Å². The molecule has 0 aromatic heterocycles. The lowest BCUT2D eigenvalue weighted by Gasteiger charge is -2.22. The Morgan fingerprint density at radius 1 is 0.750 bits per heavy atom. The fourth-order valence-electron chi connectivity index (χ4n) is 1.68.